The van der Waals surface area contributed by atoms with Crippen LogP contribution in [0.2, 0.25) is 0 Å². The van der Waals surface area contributed by atoms with Gasteiger partial charge in [0.1, 0.15) is 0 Å². The topological polar surface area (TPSA) is 39.7 Å². The highest BCUT2D eigenvalue weighted by Crippen LogP contribution is 2.34. The first-order valence-corrected chi connectivity index (χ1v) is 7.07. The molecule has 0 radical (unpaired) electrons. The van der Waals surface area contributed by atoms with Gasteiger partial charge in [0.05, 0.1) is 6.10 Å². The number of fused-ring (bicyclic) bond motifs is 1. The second kappa shape index (κ2) is 5.80. The average Bonchev–Trinajstić information content (AvgIpc) is 3.08. The van der Waals surface area contributed by atoms with Gasteiger partial charge in [-0.15, -0.1) is 0 Å². The average molecular weight is 263 g/mol. The lowest BCUT2D eigenvalue weighted by Gasteiger charge is -2.16. The molecule has 1 fully saturated rings. The van der Waals surface area contributed by atoms with E-state index in [-0.39, 0.29) is 0 Å². The van der Waals surface area contributed by atoms with Gasteiger partial charge in [-0.2, -0.15) is 0 Å². The van der Waals surface area contributed by atoms with Crippen molar-refractivity contribution in [2.75, 3.05) is 19.9 Å². The second-order valence-electron chi connectivity index (χ2n) is 5.21. The van der Waals surface area contributed by atoms with Crippen LogP contribution in [0.1, 0.15) is 37.8 Å². The second-order valence-corrected chi connectivity index (χ2v) is 5.21. The summed E-state index contributed by atoms with van der Waals surface area (Å²) in [6.45, 7) is 4.43. The summed E-state index contributed by atoms with van der Waals surface area (Å²) in [6, 6.07) is 6.45. The maximum atomic E-state index is 5.62. The fourth-order valence-corrected chi connectivity index (χ4v) is 2.63. The third-order valence-electron chi connectivity index (χ3n) is 3.84. The normalized spacial score (nSPS) is 22.7. The summed E-state index contributed by atoms with van der Waals surface area (Å²) in [5, 5.41) is 3.54. The third kappa shape index (κ3) is 3.01. The van der Waals surface area contributed by atoms with Gasteiger partial charge in [-0.1, -0.05) is 6.07 Å². The van der Waals surface area contributed by atoms with Crippen LogP contribution in [0.3, 0.4) is 0 Å². The zero-order valence-electron chi connectivity index (χ0n) is 11.4. The van der Waals surface area contributed by atoms with E-state index in [0.29, 0.717) is 18.9 Å². The van der Waals surface area contributed by atoms with E-state index in [1.54, 1.807) is 0 Å². The number of benzene rings is 1. The van der Waals surface area contributed by atoms with Crippen LogP contribution in [0.25, 0.3) is 0 Å². The van der Waals surface area contributed by atoms with E-state index in [4.69, 9.17) is 14.2 Å². The van der Waals surface area contributed by atoms with E-state index in [2.05, 4.69) is 24.4 Å². The summed E-state index contributed by atoms with van der Waals surface area (Å²) in [7, 11) is 0. The predicted molar refractivity (Wildman–Crippen MR) is 72.6 cm³/mol. The van der Waals surface area contributed by atoms with E-state index in [0.717, 1.165) is 31.1 Å². The number of hydrogen-bond donors (Lipinski definition) is 1. The Bertz CT molecular complexity index is 429. The highest BCUT2D eigenvalue weighted by Gasteiger charge is 2.17. The minimum absolute atomic E-state index is 0.316. The maximum absolute atomic E-state index is 5.62. The van der Waals surface area contributed by atoms with Crippen molar-refractivity contribution in [2.45, 2.75) is 38.3 Å². The molecule has 0 aliphatic carbocycles. The summed E-state index contributed by atoms with van der Waals surface area (Å²) in [5.74, 6) is 1.69. The highest BCUT2D eigenvalue weighted by atomic mass is 16.7. The predicted octanol–water partition coefficient (Wildman–Crippen LogP) is 2.64. The van der Waals surface area contributed by atoms with Crippen molar-refractivity contribution < 1.29 is 14.2 Å². The SMILES string of the molecule is CC(NCCC1CCCO1)c1ccc2c(c1)OCO2. The molecule has 104 valence electrons. The lowest BCUT2D eigenvalue weighted by atomic mass is 10.1. The van der Waals surface area contributed by atoms with E-state index in [9.17, 15) is 0 Å². The van der Waals surface area contributed by atoms with Gasteiger partial charge in [-0.25, -0.2) is 0 Å². The molecule has 3 rings (SSSR count). The summed E-state index contributed by atoms with van der Waals surface area (Å²) in [5.41, 5.74) is 1.23. The van der Waals surface area contributed by atoms with Gasteiger partial charge < -0.3 is 19.5 Å². The van der Waals surface area contributed by atoms with Crippen LogP contribution in [-0.4, -0.2) is 26.0 Å². The Kier molecular flexibility index (Phi) is 3.89. The molecule has 1 saturated heterocycles. The standard InChI is InChI=1S/C15H21NO3/c1-11(16-7-6-13-3-2-8-17-13)12-4-5-14-15(9-12)19-10-18-14/h4-5,9,11,13,16H,2-3,6-8,10H2,1H3. The quantitative estimate of drug-likeness (QED) is 0.886. The molecule has 1 aromatic rings. The molecule has 4 nitrogen and oxygen atoms in total. The van der Waals surface area contributed by atoms with Crippen molar-refractivity contribution in [3.05, 3.63) is 23.8 Å². The molecule has 2 unspecified atom stereocenters. The Hall–Kier alpha value is -1.26. The number of hydrogen-bond acceptors (Lipinski definition) is 4. The molecule has 2 heterocycles. The van der Waals surface area contributed by atoms with E-state index in [1.807, 2.05) is 6.07 Å². The van der Waals surface area contributed by atoms with E-state index < -0.39 is 0 Å². The van der Waals surface area contributed by atoms with Gasteiger partial charge in [-0.3, -0.25) is 0 Å². The Morgan fingerprint density at radius 2 is 2.21 bits per heavy atom. The van der Waals surface area contributed by atoms with Crippen LogP contribution in [-0.2, 0) is 4.74 Å². The molecule has 1 N–H and O–H groups in total. The van der Waals surface area contributed by atoms with E-state index >= 15 is 0 Å². The molecule has 0 amide bonds. The molecule has 2 aliphatic rings. The molecule has 19 heavy (non-hydrogen) atoms. The monoisotopic (exact) mass is 263 g/mol. The summed E-state index contributed by atoms with van der Waals surface area (Å²) in [6.07, 6.45) is 3.97. The van der Waals surface area contributed by atoms with Crippen molar-refractivity contribution in [1.29, 1.82) is 0 Å². The minimum atomic E-state index is 0.316. The largest absolute Gasteiger partial charge is 0.454 e. The third-order valence-corrected chi connectivity index (χ3v) is 3.84. The van der Waals surface area contributed by atoms with E-state index in [1.165, 1.54) is 18.4 Å². The molecule has 1 aromatic carbocycles. The first kappa shape index (κ1) is 12.8. The van der Waals surface area contributed by atoms with Crippen molar-refractivity contribution in [1.82, 2.24) is 5.32 Å². The molecule has 2 aliphatic heterocycles. The number of rotatable bonds is 5. The smallest absolute Gasteiger partial charge is 0.231 e. The van der Waals surface area contributed by atoms with Crippen LogP contribution >= 0.6 is 0 Å². The Morgan fingerprint density at radius 1 is 1.32 bits per heavy atom. The molecular weight excluding hydrogens is 242 g/mol. The minimum Gasteiger partial charge on any atom is -0.454 e. The molecule has 2 atom stereocenters. The molecule has 4 heteroatoms. The van der Waals surface area contributed by atoms with Gasteiger partial charge in [0.15, 0.2) is 11.5 Å². The zero-order chi connectivity index (χ0) is 13.1. The summed E-state index contributed by atoms with van der Waals surface area (Å²) in [4.78, 5) is 0. The molecule has 0 bridgehead atoms. The van der Waals surface area contributed by atoms with Gasteiger partial charge in [0, 0.05) is 12.6 Å². The summed E-state index contributed by atoms with van der Waals surface area (Å²) < 4.78 is 16.4. The fourth-order valence-electron chi connectivity index (χ4n) is 2.63. The van der Waals surface area contributed by atoms with Crippen LogP contribution < -0.4 is 14.8 Å². The van der Waals surface area contributed by atoms with Crippen molar-refractivity contribution in [3.8, 4) is 11.5 Å². The van der Waals surface area contributed by atoms with Crippen LogP contribution in [0.5, 0.6) is 11.5 Å². The fraction of sp³-hybridized carbons (Fsp3) is 0.600. The Morgan fingerprint density at radius 3 is 3.05 bits per heavy atom. The lowest BCUT2D eigenvalue weighted by Crippen LogP contribution is -2.23. The van der Waals surface area contributed by atoms with Crippen LogP contribution in [0.4, 0.5) is 0 Å². The maximum Gasteiger partial charge on any atom is 0.231 e. The van der Waals surface area contributed by atoms with Gasteiger partial charge in [-0.05, 0) is 50.4 Å². The number of nitrogens with one attached hydrogen (secondary N) is 1. The first-order chi connectivity index (χ1) is 9.33. The van der Waals surface area contributed by atoms with Crippen LogP contribution in [0.15, 0.2) is 18.2 Å². The molecule has 0 spiro atoms. The van der Waals surface area contributed by atoms with Gasteiger partial charge >= 0.3 is 0 Å². The summed E-state index contributed by atoms with van der Waals surface area (Å²) >= 11 is 0. The number of ether oxygens (including phenoxy) is 3. The molecule has 0 aromatic heterocycles. The Balaban J connectivity index is 1.50. The van der Waals surface area contributed by atoms with Crippen molar-refractivity contribution >= 4 is 0 Å². The van der Waals surface area contributed by atoms with Gasteiger partial charge in [0.25, 0.3) is 0 Å². The van der Waals surface area contributed by atoms with Crippen molar-refractivity contribution in [3.63, 3.8) is 0 Å². The molecule has 0 saturated carbocycles. The zero-order valence-corrected chi connectivity index (χ0v) is 11.4. The highest BCUT2D eigenvalue weighted by molar-refractivity contribution is 5.45. The van der Waals surface area contributed by atoms with Gasteiger partial charge in [0.2, 0.25) is 6.79 Å². The first-order valence-electron chi connectivity index (χ1n) is 7.07. The lowest BCUT2D eigenvalue weighted by molar-refractivity contribution is 0.103. The Labute approximate surface area is 114 Å². The van der Waals surface area contributed by atoms with Crippen LogP contribution in [0, 0.1) is 0 Å². The molecular formula is C15H21NO3. The van der Waals surface area contributed by atoms with Crippen molar-refractivity contribution in [2.24, 2.45) is 0 Å².